The highest BCUT2D eigenvalue weighted by atomic mass is 35.5. The lowest BCUT2D eigenvalue weighted by Crippen LogP contribution is -2.48. The maximum absolute atomic E-state index is 12.3. The van der Waals surface area contributed by atoms with E-state index in [-0.39, 0.29) is 30.7 Å². The highest BCUT2D eigenvalue weighted by Crippen LogP contribution is 2.29. The molecule has 1 heterocycles. The molecule has 3 N–H and O–H groups in total. The van der Waals surface area contributed by atoms with Gasteiger partial charge in [-0.15, -0.1) is 24.8 Å². The molecular formula is C17H21Cl2N3O2. The molecule has 0 spiro atoms. The predicted octanol–water partition coefficient (Wildman–Crippen LogP) is 3.93. The van der Waals surface area contributed by atoms with Crippen LogP contribution in [-0.2, 0) is 4.79 Å². The minimum absolute atomic E-state index is 0. The van der Waals surface area contributed by atoms with Gasteiger partial charge in [-0.05, 0) is 31.0 Å². The molecule has 3 rings (SSSR count). The molecule has 2 aromatic rings. The topological polar surface area (TPSA) is 77.2 Å². The van der Waals surface area contributed by atoms with Crippen molar-refractivity contribution < 1.29 is 9.53 Å². The van der Waals surface area contributed by atoms with E-state index in [2.05, 4.69) is 10.3 Å². The summed E-state index contributed by atoms with van der Waals surface area (Å²) in [5, 5.41) is 2.89. The van der Waals surface area contributed by atoms with Gasteiger partial charge in [-0.25, -0.2) is 4.98 Å². The predicted molar refractivity (Wildman–Crippen MR) is 99.3 cm³/mol. The van der Waals surface area contributed by atoms with Gasteiger partial charge in [0.25, 0.3) is 0 Å². The number of hydrogen-bond donors (Lipinski definition) is 2. The average molecular weight is 370 g/mol. The second-order valence-corrected chi connectivity index (χ2v) is 5.62. The van der Waals surface area contributed by atoms with E-state index in [1.165, 1.54) is 0 Å². The molecule has 0 radical (unpaired) electrons. The molecule has 0 aliphatic heterocycles. The van der Waals surface area contributed by atoms with Gasteiger partial charge in [0, 0.05) is 24.0 Å². The number of anilines is 1. The van der Waals surface area contributed by atoms with E-state index >= 15 is 0 Å². The Bertz CT molecular complexity index is 662. The molecule has 7 heteroatoms. The molecule has 24 heavy (non-hydrogen) atoms. The van der Waals surface area contributed by atoms with Crippen molar-refractivity contribution in [2.24, 2.45) is 5.73 Å². The van der Waals surface area contributed by atoms with Gasteiger partial charge in [-0.1, -0.05) is 25.0 Å². The largest absolute Gasteiger partial charge is 0.439 e. The van der Waals surface area contributed by atoms with Crippen molar-refractivity contribution >= 4 is 36.4 Å². The number of carbonyl (C=O) groups is 1. The Kier molecular flexibility index (Phi) is 7.48. The number of benzene rings is 1. The van der Waals surface area contributed by atoms with Crippen LogP contribution in [0.4, 0.5) is 5.69 Å². The fourth-order valence-electron chi connectivity index (χ4n) is 2.65. The number of ether oxygens (including phenoxy) is 1. The first kappa shape index (κ1) is 20.2. The molecular weight excluding hydrogens is 349 g/mol. The van der Waals surface area contributed by atoms with Crippen LogP contribution in [0.5, 0.6) is 11.6 Å². The third-order valence-corrected chi connectivity index (χ3v) is 3.90. The van der Waals surface area contributed by atoms with Crippen LogP contribution >= 0.6 is 24.8 Å². The van der Waals surface area contributed by atoms with Gasteiger partial charge in [0.1, 0.15) is 5.75 Å². The SMILES string of the molecule is Cl.Cl.NC1(C(=O)Nc2cccc(Oc3ccccn3)c2)CCCC1. The molecule has 0 saturated heterocycles. The van der Waals surface area contributed by atoms with Crippen molar-refractivity contribution in [1.29, 1.82) is 0 Å². The van der Waals surface area contributed by atoms with E-state index in [0.29, 0.717) is 17.3 Å². The van der Waals surface area contributed by atoms with E-state index in [1.54, 1.807) is 18.3 Å². The van der Waals surface area contributed by atoms with Crippen LogP contribution in [0.15, 0.2) is 48.7 Å². The van der Waals surface area contributed by atoms with Crippen LogP contribution in [0.3, 0.4) is 0 Å². The van der Waals surface area contributed by atoms with Crippen molar-refractivity contribution in [3.8, 4) is 11.6 Å². The minimum Gasteiger partial charge on any atom is -0.439 e. The monoisotopic (exact) mass is 369 g/mol. The normalized spacial score (nSPS) is 14.9. The van der Waals surface area contributed by atoms with E-state index in [9.17, 15) is 4.79 Å². The van der Waals surface area contributed by atoms with Crippen LogP contribution in [0.1, 0.15) is 25.7 Å². The van der Waals surface area contributed by atoms with Crippen LogP contribution in [-0.4, -0.2) is 16.4 Å². The van der Waals surface area contributed by atoms with Crippen LogP contribution in [0.2, 0.25) is 0 Å². The lowest BCUT2D eigenvalue weighted by atomic mass is 9.98. The first-order valence-corrected chi connectivity index (χ1v) is 7.45. The molecule has 1 aliphatic carbocycles. The van der Waals surface area contributed by atoms with Crippen LogP contribution < -0.4 is 15.8 Å². The number of hydrogen-bond acceptors (Lipinski definition) is 4. The molecule has 5 nitrogen and oxygen atoms in total. The molecule has 0 unspecified atom stereocenters. The summed E-state index contributed by atoms with van der Waals surface area (Å²) in [5.41, 5.74) is 6.10. The number of amides is 1. The van der Waals surface area contributed by atoms with Gasteiger partial charge in [-0.3, -0.25) is 4.79 Å². The molecule has 1 saturated carbocycles. The van der Waals surface area contributed by atoms with Gasteiger partial charge >= 0.3 is 0 Å². The number of pyridine rings is 1. The quantitative estimate of drug-likeness (QED) is 0.855. The van der Waals surface area contributed by atoms with Crippen molar-refractivity contribution in [3.63, 3.8) is 0 Å². The van der Waals surface area contributed by atoms with Crippen LogP contribution in [0, 0.1) is 0 Å². The summed E-state index contributed by atoms with van der Waals surface area (Å²) in [6.07, 6.45) is 5.16. The molecule has 1 aromatic carbocycles. The second kappa shape index (κ2) is 8.87. The number of carbonyl (C=O) groups excluding carboxylic acids is 1. The summed E-state index contributed by atoms with van der Waals surface area (Å²) in [5.74, 6) is 1.01. The summed E-state index contributed by atoms with van der Waals surface area (Å²) in [6.45, 7) is 0. The van der Waals surface area contributed by atoms with Crippen molar-refractivity contribution in [2.75, 3.05) is 5.32 Å². The minimum atomic E-state index is -0.738. The Labute approximate surface area is 153 Å². The number of nitrogens with zero attached hydrogens (tertiary/aromatic N) is 1. The van der Waals surface area contributed by atoms with E-state index in [4.69, 9.17) is 10.5 Å². The molecule has 1 amide bonds. The Hall–Kier alpha value is -1.82. The van der Waals surface area contributed by atoms with Crippen LogP contribution in [0.25, 0.3) is 0 Å². The standard InChI is InChI=1S/C17H19N3O2.2ClH/c18-17(9-2-3-10-17)16(21)20-13-6-5-7-14(12-13)22-15-8-1-4-11-19-15;;/h1,4-8,11-12H,2-3,9-10,18H2,(H,20,21);2*1H. The fraction of sp³-hybridized carbons (Fsp3) is 0.294. The van der Waals surface area contributed by atoms with Crippen molar-refractivity contribution in [2.45, 2.75) is 31.2 Å². The maximum atomic E-state index is 12.3. The summed E-state index contributed by atoms with van der Waals surface area (Å²) in [4.78, 5) is 16.4. The first-order valence-electron chi connectivity index (χ1n) is 7.45. The molecule has 130 valence electrons. The summed E-state index contributed by atoms with van der Waals surface area (Å²) in [7, 11) is 0. The number of nitrogens with two attached hydrogens (primary N) is 1. The summed E-state index contributed by atoms with van der Waals surface area (Å²) >= 11 is 0. The average Bonchev–Trinajstić information content (AvgIpc) is 2.97. The second-order valence-electron chi connectivity index (χ2n) is 5.62. The van der Waals surface area contributed by atoms with Gasteiger partial charge in [0.2, 0.25) is 11.8 Å². The first-order chi connectivity index (χ1) is 10.7. The van der Waals surface area contributed by atoms with Crippen molar-refractivity contribution in [1.82, 2.24) is 4.98 Å². The third-order valence-electron chi connectivity index (χ3n) is 3.90. The highest BCUT2D eigenvalue weighted by molar-refractivity contribution is 5.98. The Balaban J connectivity index is 0.00000144. The highest BCUT2D eigenvalue weighted by Gasteiger charge is 2.36. The summed E-state index contributed by atoms with van der Waals surface area (Å²) in [6, 6.07) is 12.7. The molecule has 1 fully saturated rings. The van der Waals surface area contributed by atoms with Gasteiger partial charge in [0.15, 0.2) is 0 Å². The lowest BCUT2D eigenvalue weighted by Gasteiger charge is -2.22. The Morgan fingerprint density at radius 2 is 1.88 bits per heavy atom. The molecule has 1 aromatic heterocycles. The van der Waals surface area contributed by atoms with E-state index < -0.39 is 5.54 Å². The number of nitrogens with one attached hydrogen (secondary N) is 1. The lowest BCUT2D eigenvalue weighted by molar-refractivity contribution is -0.121. The number of rotatable bonds is 4. The van der Waals surface area contributed by atoms with Gasteiger partial charge < -0.3 is 15.8 Å². The third kappa shape index (κ3) is 4.84. The smallest absolute Gasteiger partial charge is 0.244 e. The number of halogens is 2. The zero-order chi connectivity index (χ0) is 15.4. The Morgan fingerprint density at radius 1 is 1.12 bits per heavy atom. The van der Waals surface area contributed by atoms with Gasteiger partial charge in [0.05, 0.1) is 5.54 Å². The van der Waals surface area contributed by atoms with E-state index in [0.717, 1.165) is 25.7 Å². The van der Waals surface area contributed by atoms with Gasteiger partial charge in [-0.2, -0.15) is 0 Å². The number of aromatic nitrogens is 1. The molecule has 1 aliphatic rings. The summed E-state index contributed by atoms with van der Waals surface area (Å²) < 4.78 is 5.66. The zero-order valence-electron chi connectivity index (χ0n) is 13.1. The fourth-order valence-corrected chi connectivity index (χ4v) is 2.65. The molecule has 0 bridgehead atoms. The molecule has 0 atom stereocenters. The zero-order valence-corrected chi connectivity index (χ0v) is 14.7. The maximum Gasteiger partial charge on any atom is 0.244 e. The Morgan fingerprint density at radius 3 is 2.54 bits per heavy atom. The van der Waals surface area contributed by atoms with Crippen molar-refractivity contribution in [3.05, 3.63) is 48.7 Å². The van der Waals surface area contributed by atoms with E-state index in [1.807, 2.05) is 30.3 Å².